The van der Waals surface area contributed by atoms with Crippen LogP contribution in [0.1, 0.15) is 36.8 Å². The van der Waals surface area contributed by atoms with Gasteiger partial charge in [-0.2, -0.15) is 0 Å². The molecule has 0 bridgehead atoms. The Morgan fingerprint density at radius 1 is 1.24 bits per heavy atom. The summed E-state index contributed by atoms with van der Waals surface area (Å²) < 4.78 is 0. The Balaban J connectivity index is 2.20. The van der Waals surface area contributed by atoms with E-state index in [-0.39, 0.29) is 11.9 Å². The second kappa shape index (κ2) is 6.88. The molecule has 1 heterocycles. The Kier molecular flexibility index (Phi) is 4.93. The number of aryl methyl sites for hydroxylation is 1. The molecule has 21 heavy (non-hydrogen) atoms. The Morgan fingerprint density at radius 3 is 2.71 bits per heavy atom. The van der Waals surface area contributed by atoms with Gasteiger partial charge in [0.1, 0.15) is 5.69 Å². The highest BCUT2D eigenvalue weighted by atomic mass is 16.1. The van der Waals surface area contributed by atoms with Gasteiger partial charge >= 0.3 is 0 Å². The molecule has 0 saturated heterocycles. The third kappa shape index (κ3) is 4.05. The summed E-state index contributed by atoms with van der Waals surface area (Å²) in [4.78, 5) is 16.1. The van der Waals surface area contributed by atoms with Gasteiger partial charge in [-0.15, -0.1) is 0 Å². The number of nitrogens with zero attached hydrogens (tertiary/aromatic N) is 1. The normalized spacial score (nSPS) is 10.5. The molecule has 1 aromatic carbocycles. The van der Waals surface area contributed by atoms with Gasteiger partial charge in [0.05, 0.1) is 0 Å². The van der Waals surface area contributed by atoms with E-state index in [1.165, 1.54) is 5.56 Å². The van der Waals surface area contributed by atoms with Crippen LogP contribution in [0.2, 0.25) is 0 Å². The molecule has 4 heteroatoms. The fourth-order valence-corrected chi connectivity index (χ4v) is 2.07. The lowest BCUT2D eigenvalue weighted by molar-refractivity contribution is 0.0938. The molecule has 2 N–H and O–H groups in total. The number of amides is 1. The third-order valence-electron chi connectivity index (χ3n) is 3.09. The van der Waals surface area contributed by atoms with Gasteiger partial charge in [-0.25, -0.2) is 0 Å². The Labute approximate surface area is 125 Å². The summed E-state index contributed by atoms with van der Waals surface area (Å²) in [6.45, 7) is 5.98. The summed E-state index contributed by atoms with van der Waals surface area (Å²) in [5, 5.41) is 6.20. The lowest BCUT2D eigenvalue weighted by Crippen LogP contribution is -2.30. The van der Waals surface area contributed by atoms with Crippen LogP contribution in [0.15, 0.2) is 42.6 Å². The van der Waals surface area contributed by atoms with Crippen molar-refractivity contribution in [2.75, 3.05) is 5.32 Å². The number of aromatic nitrogens is 1. The van der Waals surface area contributed by atoms with Crippen LogP contribution in [0.5, 0.6) is 0 Å². The van der Waals surface area contributed by atoms with Gasteiger partial charge < -0.3 is 10.6 Å². The maximum absolute atomic E-state index is 12.0. The summed E-state index contributed by atoms with van der Waals surface area (Å²) in [5.41, 5.74) is 3.58. The fraction of sp³-hybridized carbons (Fsp3) is 0.294. The topological polar surface area (TPSA) is 54.0 Å². The first-order valence-corrected chi connectivity index (χ1v) is 7.22. The van der Waals surface area contributed by atoms with Crippen LogP contribution in [0.3, 0.4) is 0 Å². The highest BCUT2D eigenvalue weighted by Gasteiger charge is 2.09. The van der Waals surface area contributed by atoms with E-state index in [1.807, 2.05) is 38.1 Å². The Hall–Kier alpha value is -2.36. The van der Waals surface area contributed by atoms with Gasteiger partial charge in [-0.3, -0.25) is 9.78 Å². The minimum atomic E-state index is -0.155. The van der Waals surface area contributed by atoms with E-state index in [9.17, 15) is 4.79 Å². The van der Waals surface area contributed by atoms with Crippen LogP contribution >= 0.6 is 0 Å². The van der Waals surface area contributed by atoms with Gasteiger partial charge in [-0.1, -0.05) is 25.1 Å². The molecule has 0 aliphatic heterocycles. The highest BCUT2D eigenvalue weighted by molar-refractivity contribution is 5.93. The number of anilines is 2. The van der Waals surface area contributed by atoms with Crippen molar-refractivity contribution in [1.29, 1.82) is 0 Å². The van der Waals surface area contributed by atoms with Crippen molar-refractivity contribution < 1.29 is 4.79 Å². The number of para-hydroxylation sites is 1. The molecule has 0 unspecified atom stereocenters. The predicted octanol–water partition coefficient (Wildman–Crippen LogP) is 3.53. The van der Waals surface area contributed by atoms with E-state index in [0.717, 1.165) is 17.8 Å². The number of pyridine rings is 1. The molecule has 0 spiro atoms. The summed E-state index contributed by atoms with van der Waals surface area (Å²) in [7, 11) is 0. The molecule has 110 valence electrons. The van der Waals surface area contributed by atoms with E-state index in [2.05, 4.69) is 28.6 Å². The van der Waals surface area contributed by atoms with Gasteiger partial charge in [0.15, 0.2) is 0 Å². The molecular formula is C17H21N3O. The minimum absolute atomic E-state index is 0.0942. The summed E-state index contributed by atoms with van der Waals surface area (Å²) >= 11 is 0. The zero-order valence-corrected chi connectivity index (χ0v) is 12.7. The fourth-order valence-electron chi connectivity index (χ4n) is 2.07. The van der Waals surface area contributed by atoms with E-state index in [1.54, 1.807) is 12.3 Å². The van der Waals surface area contributed by atoms with Crippen molar-refractivity contribution in [1.82, 2.24) is 10.3 Å². The molecule has 0 fully saturated rings. The zero-order chi connectivity index (χ0) is 15.2. The summed E-state index contributed by atoms with van der Waals surface area (Å²) in [6, 6.07) is 11.9. The first-order chi connectivity index (χ1) is 10.1. The maximum atomic E-state index is 12.0. The van der Waals surface area contributed by atoms with Crippen molar-refractivity contribution >= 4 is 17.3 Å². The number of benzene rings is 1. The van der Waals surface area contributed by atoms with Crippen LogP contribution in [0.25, 0.3) is 0 Å². The van der Waals surface area contributed by atoms with Crippen LogP contribution < -0.4 is 10.6 Å². The maximum Gasteiger partial charge on any atom is 0.270 e. The Bertz CT molecular complexity index is 623. The molecule has 2 aromatic rings. The Morgan fingerprint density at radius 2 is 2.00 bits per heavy atom. The molecule has 0 atom stereocenters. The smallest absolute Gasteiger partial charge is 0.270 e. The number of carbonyl (C=O) groups excluding carboxylic acids is 1. The van der Waals surface area contributed by atoms with Gasteiger partial charge in [-0.05, 0) is 44.0 Å². The van der Waals surface area contributed by atoms with E-state index < -0.39 is 0 Å². The number of hydrogen-bond donors (Lipinski definition) is 2. The predicted molar refractivity (Wildman–Crippen MR) is 85.9 cm³/mol. The largest absolute Gasteiger partial charge is 0.355 e. The second-order valence-electron chi connectivity index (χ2n) is 5.19. The molecule has 0 radical (unpaired) electrons. The third-order valence-corrected chi connectivity index (χ3v) is 3.09. The average molecular weight is 283 g/mol. The molecule has 0 aliphatic carbocycles. The molecule has 4 nitrogen and oxygen atoms in total. The van der Waals surface area contributed by atoms with Crippen molar-refractivity contribution in [2.24, 2.45) is 0 Å². The van der Waals surface area contributed by atoms with Crippen molar-refractivity contribution in [3.8, 4) is 0 Å². The number of nitrogens with one attached hydrogen (secondary N) is 2. The van der Waals surface area contributed by atoms with Crippen LogP contribution in [-0.2, 0) is 6.42 Å². The van der Waals surface area contributed by atoms with Crippen LogP contribution in [0, 0.1) is 0 Å². The zero-order valence-electron chi connectivity index (χ0n) is 12.7. The van der Waals surface area contributed by atoms with E-state index >= 15 is 0 Å². The summed E-state index contributed by atoms with van der Waals surface area (Å²) in [6.07, 6.45) is 2.60. The van der Waals surface area contributed by atoms with Crippen LogP contribution in [0.4, 0.5) is 11.4 Å². The van der Waals surface area contributed by atoms with Crippen molar-refractivity contribution in [3.05, 3.63) is 53.9 Å². The minimum Gasteiger partial charge on any atom is -0.355 e. The number of carbonyl (C=O) groups is 1. The van der Waals surface area contributed by atoms with Crippen molar-refractivity contribution in [2.45, 2.75) is 33.2 Å². The lowest BCUT2D eigenvalue weighted by Gasteiger charge is -2.12. The average Bonchev–Trinajstić information content (AvgIpc) is 2.47. The first-order valence-electron chi connectivity index (χ1n) is 7.22. The molecular weight excluding hydrogens is 262 g/mol. The van der Waals surface area contributed by atoms with Gasteiger partial charge in [0.2, 0.25) is 0 Å². The van der Waals surface area contributed by atoms with E-state index in [0.29, 0.717) is 5.69 Å². The standard InChI is InChI=1S/C17H21N3O/c1-4-13-7-5-6-8-15(13)20-14-9-10-18-16(11-14)17(21)19-12(2)3/h5-12H,4H2,1-3H3,(H,18,20)(H,19,21). The van der Waals surface area contributed by atoms with Gasteiger partial charge in [0, 0.05) is 23.6 Å². The number of rotatable bonds is 5. The van der Waals surface area contributed by atoms with Gasteiger partial charge in [0.25, 0.3) is 5.91 Å². The second-order valence-corrected chi connectivity index (χ2v) is 5.19. The molecule has 0 saturated carbocycles. The monoisotopic (exact) mass is 283 g/mol. The number of hydrogen-bond acceptors (Lipinski definition) is 3. The molecule has 2 rings (SSSR count). The van der Waals surface area contributed by atoms with Crippen LogP contribution in [-0.4, -0.2) is 16.9 Å². The molecule has 0 aliphatic rings. The van der Waals surface area contributed by atoms with Crippen molar-refractivity contribution in [3.63, 3.8) is 0 Å². The first kappa shape index (κ1) is 15.0. The lowest BCUT2D eigenvalue weighted by atomic mass is 10.1. The quantitative estimate of drug-likeness (QED) is 0.882. The highest BCUT2D eigenvalue weighted by Crippen LogP contribution is 2.21. The molecule has 1 aromatic heterocycles. The SMILES string of the molecule is CCc1ccccc1Nc1ccnc(C(=O)NC(C)C)c1. The molecule has 1 amide bonds. The van der Waals surface area contributed by atoms with E-state index in [4.69, 9.17) is 0 Å². The summed E-state index contributed by atoms with van der Waals surface area (Å²) in [5.74, 6) is -0.155.